The number of hydrogen-bond acceptors (Lipinski definition) is 4. The van der Waals surface area contributed by atoms with E-state index in [4.69, 9.17) is 0 Å². The Morgan fingerprint density at radius 1 is 1.56 bits per heavy atom. The van der Waals surface area contributed by atoms with Gasteiger partial charge in [-0.25, -0.2) is 4.68 Å². The average Bonchev–Trinajstić information content (AvgIpc) is 2.60. The predicted molar refractivity (Wildman–Crippen MR) is 68.3 cm³/mol. The minimum absolute atomic E-state index is 0.456. The van der Waals surface area contributed by atoms with E-state index in [9.17, 15) is 5.11 Å². The van der Waals surface area contributed by atoms with Crippen molar-refractivity contribution in [3.63, 3.8) is 0 Å². The van der Waals surface area contributed by atoms with E-state index in [1.54, 1.807) is 4.68 Å². The summed E-state index contributed by atoms with van der Waals surface area (Å²) in [5.41, 5.74) is 0.790. The topological polar surface area (TPSA) is 50.9 Å². The highest BCUT2D eigenvalue weighted by molar-refractivity contribution is 9.10. The number of aryl methyl sites for hydroxylation is 1. The van der Waals surface area contributed by atoms with Crippen LogP contribution in [0.15, 0.2) is 4.60 Å². The fourth-order valence-electron chi connectivity index (χ4n) is 2.10. The molecule has 1 unspecified atom stereocenters. The average molecular weight is 306 g/mol. The highest BCUT2D eigenvalue weighted by atomic mass is 79.9. The van der Waals surface area contributed by atoms with Gasteiger partial charge in [0.15, 0.2) is 4.60 Å². The summed E-state index contributed by atoms with van der Waals surface area (Å²) >= 11 is 5.33. The first-order valence-electron chi connectivity index (χ1n) is 5.49. The smallest absolute Gasteiger partial charge is 0.154 e. The second-order valence-corrected chi connectivity index (χ2v) is 6.17. The predicted octanol–water partition coefficient (Wildman–Crippen LogP) is 2.14. The van der Waals surface area contributed by atoms with Crippen LogP contribution < -0.4 is 0 Å². The van der Waals surface area contributed by atoms with Crippen LogP contribution in [0.1, 0.15) is 31.1 Å². The number of hydrogen-bond donors (Lipinski definition) is 1. The largest absolute Gasteiger partial charge is 0.387 e. The van der Waals surface area contributed by atoms with Crippen molar-refractivity contribution in [3.8, 4) is 0 Å². The van der Waals surface area contributed by atoms with E-state index in [1.165, 1.54) is 24.3 Å². The van der Waals surface area contributed by atoms with Gasteiger partial charge in [0.2, 0.25) is 0 Å². The van der Waals surface area contributed by atoms with Crippen LogP contribution in [0.4, 0.5) is 0 Å². The first kappa shape index (κ1) is 12.4. The van der Waals surface area contributed by atoms with Gasteiger partial charge in [-0.15, -0.1) is 5.10 Å². The van der Waals surface area contributed by atoms with Crippen molar-refractivity contribution in [3.05, 3.63) is 10.3 Å². The highest BCUT2D eigenvalue weighted by Crippen LogP contribution is 2.32. The van der Waals surface area contributed by atoms with E-state index < -0.39 is 6.10 Å². The summed E-state index contributed by atoms with van der Waals surface area (Å²) in [6.07, 6.45) is 2.79. The molecule has 0 aromatic carbocycles. The number of halogens is 1. The fraction of sp³-hybridized carbons (Fsp3) is 0.800. The van der Waals surface area contributed by atoms with E-state index in [2.05, 4.69) is 26.2 Å². The zero-order valence-electron chi connectivity index (χ0n) is 9.27. The van der Waals surface area contributed by atoms with E-state index in [1.807, 2.05) is 18.8 Å². The lowest BCUT2D eigenvalue weighted by Gasteiger charge is -2.23. The van der Waals surface area contributed by atoms with Crippen LogP contribution in [0, 0.1) is 5.92 Å². The van der Waals surface area contributed by atoms with Gasteiger partial charge < -0.3 is 5.11 Å². The van der Waals surface area contributed by atoms with Crippen molar-refractivity contribution >= 4 is 27.7 Å². The third-order valence-electron chi connectivity index (χ3n) is 3.04. The molecule has 0 spiro atoms. The maximum Gasteiger partial charge on any atom is 0.154 e. The van der Waals surface area contributed by atoms with Gasteiger partial charge in [-0.05, 0) is 52.6 Å². The SMILES string of the molecule is Cn1nnc(Br)c1C(O)CC1CCSCC1. The number of nitrogens with zero attached hydrogens (tertiary/aromatic N) is 3. The quantitative estimate of drug-likeness (QED) is 0.929. The standard InChI is InChI=1S/C10H16BrN3OS/c1-14-9(10(11)12-13-14)8(15)6-7-2-4-16-5-3-7/h7-8,15H,2-6H2,1H3. The number of aliphatic hydroxyl groups is 1. The Balaban J connectivity index is 1.99. The summed E-state index contributed by atoms with van der Waals surface area (Å²) in [5, 5.41) is 18.0. The molecule has 0 amide bonds. The Bertz CT molecular complexity index is 332. The summed E-state index contributed by atoms with van der Waals surface area (Å²) in [5.74, 6) is 3.09. The Morgan fingerprint density at radius 2 is 2.25 bits per heavy atom. The summed E-state index contributed by atoms with van der Waals surface area (Å²) in [6, 6.07) is 0. The first-order chi connectivity index (χ1) is 7.68. The van der Waals surface area contributed by atoms with E-state index in [0.717, 1.165) is 12.1 Å². The molecule has 1 aliphatic heterocycles. The maximum absolute atomic E-state index is 10.2. The number of rotatable bonds is 3. The molecule has 1 aliphatic rings. The van der Waals surface area contributed by atoms with Crippen LogP contribution in [-0.2, 0) is 7.05 Å². The molecule has 0 radical (unpaired) electrons. The van der Waals surface area contributed by atoms with Crippen molar-refractivity contribution in [1.82, 2.24) is 15.0 Å². The molecular weight excluding hydrogens is 290 g/mol. The van der Waals surface area contributed by atoms with Crippen LogP contribution in [-0.4, -0.2) is 31.6 Å². The van der Waals surface area contributed by atoms with Crippen molar-refractivity contribution in [2.45, 2.75) is 25.4 Å². The Labute approximate surface area is 108 Å². The Kier molecular flexibility index (Phi) is 4.27. The molecule has 1 aromatic rings. The molecule has 2 rings (SSSR count). The normalized spacial score (nSPS) is 19.9. The van der Waals surface area contributed by atoms with Gasteiger partial charge in [0.05, 0.1) is 6.10 Å². The molecule has 90 valence electrons. The van der Waals surface area contributed by atoms with Gasteiger partial charge in [-0.2, -0.15) is 11.8 Å². The Hall–Kier alpha value is -0.0700. The summed E-state index contributed by atoms with van der Waals surface area (Å²) in [6.45, 7) is 0. The molecule has 1 atom stereocenters. The molecule has 0 aliphatic carbocycles. The number of thioether (sulfide) groups is 1. The number of aliphatic hydroxyl groups excluding tert-OH is 1. The number of aromatic nitrogens is 3. The third-order valence-corrected chi connectivity index (χ3v) is 4.65. The molecule has 1 saturated heterocycles. The molecule has 16 heavy (non-hydrogen) atoms. The molecule has 4 nitrogen and oxygen atoms in total. The zero-order chi connectivity index (χ0) is 11.5. The van der Waals surface area contributed by atoms with Gasteiger partial charge in [0, 0.05) is 7.05 Å². The first-order valence-corrected chi connectivity index (χ1v) is 7.44. The van der Waals surface area contributed by atoms with Gasteiger partial charge in [0.25, 0.3) is 0 Å². The van der Waals surface area contributed by atoms with Crippen molar-refractivity contribution in [1.29, 1.82) is 0 Å². The second kappa shape index (κ2) is 5.51. The summed E-state index contributed by atoms with van der Waals surface area (Å²) in [4.78, 5) is 0. The van der Waals surface area contributed by atoms with Gasteiger partial charge >= 0.3 is 0 Å². The van der Waals surface area contributed by atoms with Gasteiger partial charge in [-0.1, -0.05) is 5.21 Å². The molecular formula is C10H16BrN3OS. The van der Waals surface area contributed by atoms with E-state index >= 15 is 0 Å². The molecule has 2 heterocycles. The van der Waals surface area contributed by atoms with Gasteiger partial charge in [0.1, 0.15) is 5.69 Å². The van der Waals surface area contributed by atoms with Crippen LogP contribution in [0.5, 0.6) is 0 Å². The minimum atomic E-state index is -0.456. The summed E-state index contributed by atoms with van der Waals surface area (Å²) < 4.78 is 2.31. The molecule has 1 N–H and O–H groups in total. The molecule has 0 saturated carbocycles. The zero-order valence-corrected chi connectivity index (χ0v) is 11.7. The van der Waals surface area contributed by atoms with Crippen molar-refractivity contribution in [2.75, 3.05) is 11.5 Å². The lowest BCUT2D eigenvalue weighted by molar-refractivity contribution is 0.132. The van der Waals surface area contributed by atoms with Crippen LogP contribution >= 0.6 is 27.7 Å². The van der Waals surface area contributed by atoms with Crippen molar-refractivity contribution < 1.29 is 5.11 Å². The van der Waals surface area contributed by atoms with E-state index in [-0.39, 0.29) is 0 Å². The lowest BCUT2D eigenvalue weighted by atomic mass is 9.94. The Morgan fingerprint density at radius 3 is 2.81 bits per heavy atom. The maximum atomic E-state index is 10.2. The fourth-order valence-corrected chi connectivity index (χ4v) is 3.90. The molecule has 1 fully saturated rings. The van der Waals surface area contributed by atoms with Gasteiger partial charge in [-0.3, -0.25) is 0 Å². The molecule has 6 heteroatoms. The molecule has 1 aromatic heterocycles. The van der Waals surface area contributed by atoms with E-state index in [0.29, 0.717) is 10.5 Å². The van der Waals surface area contributed by atoms with Crippen molar-refractivity contribution in [2.24, 2.45) is 13.0 Å². The minimum Gasteiger partial charge on any atom is -0.387 e. The lowest BCUT2D eigenvalue weighted by Crippen LogP contribution is -2.15. The van der Waals surface area contributed by atoms with Crippen LogP contribution in [0.3, 0.4) is 0 Å². The second-order valence-electron chi connectivity index (χ2n) is 4.20. The third kappa shape index (κ3) is 2.78. The summed E-state index contributed by atoms with van der Waals surface area (Å²) in [7, 11) is 1.81. The monoisotopic (exact) mass is 305 g/mol. The van der Waals surface area contributed by atoms with Crippen LogP contribution in [0.25, 0.3) is 0 Å². The molecule has 0 bridgehead atoms. The van der Waals surface area contributed by atoms with Crippen LogP contribution in [0.2, 0.25) is 0 Å². The highest BCUT2D eigenvalue weighted by Gasteiger charge is 2.23.